The molecular weight excluding hydrogens is 410 g/mol. The van der Waals surface area contributed by atoms with Crippen LogP contribution in [-0.2, 0) is 16.6 Å². The van der Waals surface area contributed by atoms with E-state index in [0.717, 1.165) is 38.2 Å². The number of benzene rings is 2. The predicted octanol–water partition coefficient (Wildman–Crippen LogP) is 3.95. The van der Waals surface area contributed by atoms with Crippen LogP contribution in [-0.4, -0.2) is 44.5 Å². The molecule has 0 N–H and O–H groups in total. The van der Waals surface area contributed by atoms with Crippen molar-refractivity contribution in [1.29, 1.82) is 0 Å². The fraction of sp³-hybridized carbons (Fsp3) is 0.292. The van der Waals surface area contributed by atoms with Crippen molar-refractivity contribution < 1.29 is 13.2 Å². The monoisotopic (exact) mass is 437 g/mol. The SMILES string of the molecule is COc1cccc(N(C2CCN(Cc3ccccn3)CC2)S(=O)(=O)c2ccccc2)c1. The number of rotatable bonds is 7. The highest BCUT2D eigenvalue weighted by Gasteiger charge is 2.34. The highest BCUT2D eigenvalue weighted by atomic mass is 32.2. The van der Waals surface area contributed by atoms with Gasteiger partial charge in [0.15, 0.2) is 0 Å². The number of anilines is 1. The number of piperidine rings is 1. The fourth-order valence-corrected chi connectivity index (χ4v) is 5.75. The quantitative estimate of drug-likeness (QED) is 0.560. The first kappa shape index (κ1) is 21.3. The molecular formula is C24H27N3O3S. The molecule has 0 bridgehead atoms. The first-order valence-corrected chi connectivity index (χ1v) is 11.9. The van der Waals surface area contributed by atoms with Gasteiger partial charge >= 0.3 is 0 Å². The summed E-state index contributed by atoms with van der Waals surface area (Å²) in [5, 5.41) is 0. The predicted molar refractivity (Wildman–Crippen MR) is 122 cm³/mol. The zero-order valence-electron chi connectivity index (χ0n) is 17.6. The van der Waals surface area contributed by atoms with Gasteiger partial charge in [0.2, 0.25) is 0 Å². The van der Waals surface area contributed by atoms with E-state index in [-0.39, 0.29) is 6.04 Å². The van der Waals surface area contributed by atoms with Crippen LogP contribution in [0.2, 0.25) is 0 Å². The molecule has 0 spiro atoms. The van der Waals surface area contributed by atoms with Crippen molar-refractivity contribution in [1.82, 2.24) is 9.88 Å². The smallest absolute Gasteiger partial charge is 0.264 e. The van der Waals surface area contributed by atoms with Crippen LogP contribution in [0.3, 0.4) is 0 Å². The van der Waals surface area contributed by atoms with Gasteiger partial charge in [0.05, 0.1) is 23.4 Å². The van der Waals surface area contributed by atoms with Crippen molar-refractivity contribution in [2.75, 3.05) is 24.5 Å². The summed E-state index contributed by atoms with van der Waals surface area (Å²) in [5.41, 5.74) is 1.66. The zero-order valence-corrected chi connectivity index (χ0v) is 18.4. The molecule has 0 radical (unpaired) electrons. The highest BCUT2D eigenvalue weighted by molar-refractivity contribution is 7.92. The molecule has 4 rings (SSSR count). The number of pyridine rings is 1. The Hall–Kier alpha value is -2.90. The van der Waals surface area contributed by atoms with Crippen molar-refractivity contribution in [3.8, 4) is 5.75 Å². The van der Waals surface area contributed by atoms with Gasteiger partial charge in [-0.25, -0.2) is 8.42 Å². The Morgan fingerprint density at radius 3 is 2.42 bits per heavy atom. The molecule has 0 amide bonds. The Labute approximate surface area is 184 Å². The fourth-order valence-electron chi connectivity index (χ4n) is 4.03. The topological polar surface area (TPSA) is 62.7 Å². The lowest BCUT2D eigenvalue weighted by molar-refractivity contribution is 0.204. The van der Waals surface area contributed by atoms with Crippen LogP contribution < -0.4 is 9.04 Å². The molecule has 31 heavy (non-hydrogen) atoms. The Balaban J connectivity index is 1.59. The third kappa shape index (κ3) is 4.89. The summed E-state index contributed by atoms with van der Waals surface area (Å²) in [7, 11) is -2.12. The third-order valence-electron chi connectivity index (χ3n) is 5.61. The molecule has 0 atom stereocenters. The van der Waals surface area contributed by atoms with E-state index in [4.69, 9.17) is 4.74 Å². The number of ether oxygens (including phenoxy) is 1. The van der Waals surface area contributed by atoms with Crippen LogP contribution in [0.4, 0.5) is 5.69 Å². The molecule has 1 aliphatic heterocycles. The van der Waals surface area contributed by atoms with Gasteiger partial charge in [-0.2, -0.15) is 0 Å². The maximum Gasteiger partial charge on any atom is 0.264 e. The number of methoxy groups -OCH3 is 1. The third-order valence-corrected chi connectivity index (χ3v) is 7.50. The zero-order chi connectivity index (χ0) is 21.7. The standard InChI is InChI=1S/C24H27N3O3S/c1-30-23-10-7-9-22(18-23)27(31(28,29)24-11-3-2-4-12-24)21-13-16-26(17-14-21)19-20-8-5-6-15-25-20/h2-12,15,18,21H,13-14,16-17,19H2,1H3. The van der Waals surface area contributed by atoms with Crippen molar-refractivity contribution in [3.05, 3.63) is 84.7 Å². The molecule has 1 aliphatic rings. The number of aromatic nitrogens is 1. The van der Waals surface area contributed by atoms with E-state index in [2.05, 4.69) is 9.88 Å². The Morgan fingerprint density at radius 2 is 1.74 bits per heavy atom. The second-order valence-electron chi connectivity index (χ2n) is 7.64. The van der Waals surface area contributed by atoms with Crippen LogP contribution in [0.5, 0.6) is 5.75 Å². The van der Waals surface area contributed by atoms with Crippen LogP contribution >= 0.6 is 0 Å². The lowest BCUT2D eigenvalue weighted by Gasteiger charge is -2.39. The van der Waals surface area contributed by atoms with Gasteiger partial charge in [-0.1, -0.05) is 30.3 Å². The number of nitrogens with zero attached hydrogens (tertiary/aromatic N) is 3. The highest BCUT2D eigenvalue weighted by Crippen LogP contribution is 2.32. The number of hydrogen-bond donors (Lipinski definition) is 0. The van der Waals surface area contributed by atoms with Gasteiger partial charge in [0.1, 0.15) is 5.75 Å². The van der Waals surface area contributed by atoms with Gasteiger partial charge in [-0.15, -0.1) is 0 Å². The molecule has 1 aromatic heterocycles. The maximum atomic E-state index is 13.7. The Kier molecular flexibility index (Phi) is 6.53. The molecule has 2 aromatic carbocycles. The van der Waals surface area contributed by atoms with E-state index in [1.54, 1.807) is 47.9 Å². The summed E-state index contributed by atoms with van der Waals surface area (Å²) >= 11 is 0. The summed E-state index contributed by atoms with van der Waals surface area (Å²) in [6.07, 6.45) is 3.30. The molecule has 1 saturated heterocycles. The van der Waals surface area contributed by atoms with Gasteiger partial charge in [-0.05, 0) is 49.2 Å². The van der Waals surface area contributed by atoms with Gasteiger partial charge in [0.25, 0.3) is 10.0 Å². The minimum absolute atomic E-state index is 0.128. The molecule has 6 nitrogen and oxygen atoms in total. The van der Waals surface area contributed by atoms with Crippen LogP contribution in [0, 0.1) is 0 Å². The van der Waals surface area contributed by atoms with Crippen LogP contribution in [0.15, 0.2) is 83.9 Å². The van der Waals surface area contributed by atoms with Crippen molar-refractivity contribution in [2.45, 2.75) is 30.3 Å². The molecule has 0 saturated carbocycles. The van der Waals surface area contributed by atoms with E-state index < -0.39 is 10.0 Å². The van der Waals surface area contributed by atoms with Crippen molar-refractivity contribution in [3.63, 3.8) is 0 Å². The maximum absolute atomic E-state index is 13.7. The summed E-state index contributed by atoms with van der Waals surface area (Å²) in [6.45, 7) is 2.40. The second kappa shape index (κ2) is 9.49. The summed E-state index contributed by atoms with van der Waals surface area (Å²) < 4.78 is 34.3. The molecule has 0 unspecified atom stereocenters. The van der Waals surface area contributed by atoms with Gasteiger partial charge in [0, 0.05) is 37.9 Å². The first-order valence-electron chi connectivity index (χ1n) is 10.4. The van der Waals surface area contributed by atoms with E-state index in [9.17, 15) is 8.42 Å². The lowest BCUT2D eigenvalue weighted by atomic mass is 10.0. The molecule has 3 aromatic rings. The number of likely N-dealkylation sites (tertiary alicyclic amines) is 1. The second-order valence-corrected chi connectivity index (χ2v) is 9.46. The molecule has 0 aliphatic carbocycles. The Bertz CT molecular complexity index is 1080. The van der Waals surface area contributed by atoms with Gasteiger partial charge in [-0.3, -0.25) is 14.2 Å². The van der Waals surface area contributed by atoms with E-state index in [0.29, 0.717) is 16.3 Å². The lowest BCUT2D eigenvalue weighted by Crippen LogP contribution is -2.47. The normalized spacial score (nSPS) is 15.5. The molecule has 7 heteroatoms. The van der Waals surface area contributed by atoms with Crippen molar-refractivity contribution in [2.24, 2.45) is 0 Å². The average molecular weight is 438 g/mol. The van der Waals surface area contributed by atoms with Crippen LogP contribution in [0.1, 0.15) is 18.5 Å². The van der Waals surface area contributed by atoms with Crippen LogP contribution in [0.25, 0.3) is 0 Å². The van der Waals surface area contributed by atoms with E-state index >= 15 is 0 Å². The van der Waals surface area contributed by atoms with Crippen molar-refractivity contribution >= 4 is 15.7 Å². The first-order chi connectivity index (χ1) is 15.1. The van der Waals surface area contributed by atoms with Gasteiger partial charge < -0.3 is 4.74 Å². The summed E-state index contributed by atoms with van der Waals surface area (Å²) in [4.78, 5) is 7.04. The largest absolute Gasteiger partial charge is 0.497 e. The summed E-state index contributed by atoms with van der Waals surface area (Å²) in [5.74, 6) is 0.637. The molecule has 162 valence electrons. The minimum atomic E-state index is -3.71. The summed E-state index contributed by atoms with van der Waals surface area (Å²) in [6, 6.07) is 21.7. The average Bonchev–Trinajstić information content (AvgIpc) is 2.82. The number of sulfonamides is 1. The van der Waals surface area contributed by atoms with E-state index in [1.165, 1.54) is 0 Å². The number of hydrogen-bond acceptors (Lipinski definition) is 5. The molecule has 1 fully saturated rings. The van der Waals surface area contributed by atoms with E-state index in [1.807, 2.05) is 42.5 Å². The molecule has 2 heterocycles. The Morgan fingerprint density at radius 1 is 1.00 bits per heavy atom. The minimum Gasteiger partial charge on any atom is -0.497 e.